The van der Waals surface area contributed by atoms with Gasteiger partial charge >= 0.3 is 0 Å². The molecule has 0 radical (unpaired) electrons. The Morgan fingerprint density at radius 2 is 2.17 bits per heavy atom. The molecule has 96 valence electrons. The van der Waals surface area contributed by atoms with Crippen LogP contribution in [-0.4, -0.2) is 11.0 Å². The van der Waals surface area contributed by atoms with Crippen LogP contribution in [0.15, 0.2) is 22.2 Å². The molecule has 1 unspecified atom stereocenters. The molecule has 2 nitrogen and oxygen atoms in total. The van der Waals surface area contributed by atoms with Gasteiger partial charge in [-0.15, -0.1) is 11.3 Å². The van der Waals surface area contributed by atoms with Crippen molar-refractivity contribution in [3.63, 3.8) is 0 Å². The molecule has 2 aromatic rings. The third-order valence-electron chi connectivity index (χ3n) is 3.23. The van der Waals surface area contributed by atoms with Crippen molar-refractivity contribution >= 4 is 22.7 Å². The monoisotopic (exact) mass is 278 g/mol. The summed E-state index contributed by atoms with van der Waals surface area (Å²) in [6, 6.07) is 3.20. The molecule has 1 N–H and O–H groups in total. The largest absolute Gasteiger partial charge is 0.301 e. The third-order valence-corrected chi connectivity index (χ3v) is 4.86. The zero-order valence-corrected chi connectivity index (χ0v) is 12.4. The highest BCUT2D eigenvalue weighted by Crippen LogP contribution is 2.32. The summed E-state index contributed by atoms with van der Waals surface area (Å²) in [6.07, 6.45) is 2.62. The Labute approximate surface area is 116 Å². The number of rotatable bonds is 5. The molecule has 1 saturated carbocycles. The molecule has 18 heavy (non-hydrogen) atoms. The molecule has 1 aliphatic rings. The van der Waals surface area contributed by atoms with Gasteiger partial charge in [0.2, 0.25) is 0 Å². The van der Waals surface area contributed by atoms with E-state index in [1.165, 1.54) is 29.1 Å². The summed E-state index contributed by atoms with van der Waals surface area (Å²) in [4.78, 5) is 4.81. The van der Waals surface area contributed by atoms with Crippen LogP contribution < -0.4 is 5.32 Å². The Bertz CT molecular complexity index is 498. The van der Waals surface area contributed by atoms with E-state index in [1.807, 2.05) is 0 Å². The maximum Gasteiger partial charge on any atom is 0.114 e. The first-order valence-electron chi connectivity index (χ1n) is 6.47. The van der Waals surface area contributed by atoms with Crippen molar-refractivity contribution < 1.29 is 0 Å². The van der Waals surface area contributed by atoms with E-state index in [2.05, 4.69) is 41.4 Å². The molecule has 1 aliphatic carbocycles. The van der Waals surface area contributed by atoms with Crippen molar-refractivity contribution in [2.75, 3.05) is 0 Å². The molecule has 4 heteroatoms. The lowest BCUT2D eigenvalue weighted by atomic mass is 10.1. The van der Waals surface area contributed by atoms with E-state index < -0.39 is 0 Å². The lowest BCUT2D eigenvalue weighted by molar-refractivity contribution is 0.597. The fourth-order valence-corrected chi connectivity index (χ4v) is 3.68. The van der Waals surface area contributed by atoms with E-state index in [4.69, 9.17) is 4.98 Å². The predicted molar refractivity (Wildman–Crippen MR) is 78.5 cm³/mol. The van der Waals surface area contributed by atoms with Gasteiger partial charge in [0.05, 0.1) is 11.7 Å². The van der Waals surface area contributed by atoms with E-state index in [0.717, 1.165) is 0 Å². The molecule has 0 spiro atoms. The maximum absolute atomic E-state index is 4.81. The van der Waals surface area contributed by atoms with Crippen LogP contribution in [0.25, 0.3) is 0 Å². The Hall–Kier alpha value is -0.710. The topological polar surface area (TPSA) is 24.9 Å². The zero-order chi connectivity index (χ0) is 12.5. The van der Waals surface area contributed by atoms with Gasteiger partial charge in [-0.1, -0.05) is 13.8 Å². The summed E-state index contributed by atoms with van der Waals surface area (Å²) in [6.45, 7) is 4.40. The zero-order valence-electron chi connectivity index (χ0n) is 10.7. The van der Waals surface area contributed by atoms with Crippen molar-refractivity contribution in [3.8, 4) is 0 Å². The molecule has 0 aliphatic heterocycles. The van der Waals surface area contributed by atoms with Gasteiger partial charge in [-0.3, -0.25) is 0 Å². The van der Waals surface area contributed by atoms with Crippen LogP contribution in [0.3, 0.4) is 0 Å². The second kappa shape index (κ2) is 5.11. The lowest BCUT2D eigenvalue weighted by Gasteiger charge is -2.15. The lowest BCUT2D eigenvalue weighted by Crippen LogP contribution is -2.24. The van der Waals surface area contributed by atoms with E-state index in [0.29, 0.717) is 18.0 Å². The number of hydrogen-bond acceptors (Lipinski definition) is 4. The first-order chi connectivity index (χ1) is 8.74. The van der Waals surface area contributed by atoms with Gasteiger partial charge in [-0.2, -0.15) is 11.3 Å². The summed E-state index contributed by atoms with van der Waals surface area (Å²) in [7, 11) is 0. The molecular weight excluding hydrogens is 260 g/mol. The van der Waals surface area contributed by atoms with Crippen LogP contribution in [0.1, 0.15) is 54.9 Å². The summed E-state index contributed by atoms with van der Waals surface area (Å²) in [5.41, 5.74) is 2.57. The minimum absolute atomic E-state index is 0.293. The van der Waals surface area contributed by atoms with E-state index in [-0.39, 0.29) is 0 Å². The average Bonchev–Trinajstić information content (AvgIpc) is 2.87. The van der Waals surface area contributed by atoms with Crippen molar-refractivity contribution in [2.24, 2.45) is 0 Å². The Morgan fingerprint density at radius 1 is 1.33 bits per heavy atom. The number of thiophene rings is 1. The number of thiazole rings is 1. The Morgan fingerprint density at radius 3 is 2.72 bits per heavy atom. The van der Waals surface area contributed by atoms with Crippen molar-refractivity contribution in [1.82, 2.24) is 10.3 Å². The molecule has 0 amide bonds. The molecular formula is C14H18N2S2. The summed E-state index contributed by atoms with van der Waals surface area (Å²) in [5.74, 6) is 0.513. The minimum atomic E-state index is 0.293. The smallest absolute Gasteiger partial charge is 0.114 e. The van der Waals surface area contributed by atoms with Gasteiger partial charge in [0.15, 0.2) is 0 Å². The fraction of sp³-hybridized carbons (Fsp3) is 0.500. The van der Waals surface area contributed by atoms with Gasteiger partial charge in [-0.05, 0) is 41.1 Å². The van der Waals surface area contributed by atoms with Crippen molar-refractivity contribution in [1.29, 1.82) is 0 Å². The van der Waals surface area contributed by atoms with Gasteiger partial charge < -0.3 is 5.32 Å². The van der Waals surface area contributed by atoms with Crippen LogP contribution in [0.4, 0.5) is 0 Å². The van der Waals surface area contributed by atoms with Gasteiger partial charge in [-0.25, -0.2) is 4.98 Å². The van der Waals surface area contributed by atoms with Crippen molar-refractivity contribution in [2.45, 2.75) is 44.7 Å². The molecule has 0 bridgehead atoms. The van der Waals surface area contributed by atoms with Crippen molar-refractivity contribution in [3.05, 3.63) is 38.5 Å². The molecule has 2 heterocycles. The standard InChI is InChI=1S/C14H18N2S2/c1-9(2)12-8-18-14(16-12)13(15-11-3-4-11)10-5-6-17-7-10/h5-9,11,13,15H,3-4H2,1-2H3. The molecule has 1 atom stereocenters. The summed E-state index contributed by atoms with van der Waals surface area (Å²) < 4.78 is 0. The number of nitrogens with one attached hydrogen (secondary N) is 1. The number of hydrogen-bond donors (Lipinski definition) is 1. The van der Waals surface area contributed by atoms with Gasteiger partial charge in [0.25, 0.3) is 0 Å². The van der Waals surface area contributed by atoms with Gasteiger partial charge in [0.1, 0.15) is 5.01 Å². The average molecular weight is 278 g/mol. The summed E-state index contributed by atoms with van der Waals surface area (Å²) in [5, 5.41) is 11.5. The van der Waals surface area contributed by atoms with E-state index in [9.17, 15) is 0 Å². The second-order valence-corrected chi connectivity index (χ2v) is 6.87. The normalized spacial score (nSPS) is 17.3. The first-order valence-corrected chi connectivity index (χ1v) is 8.29. The number of nitrogens with zero attached hydrogens (tertiary/aromatic N) is 1. The maximum atomic E-state index is 4.81. The fourth-order valence-electron chi connectivity index (χ4n) is 1.93. The Kier molecular flexibility index (Phi) is 3.50. The molecule has 3 rings (SSSR count). The predicted octanol–water partition coefficient (Wildman–Crippen LogP) is 4.17. The second-order valence-electron chi connectivity index (χ2n) is 5.20. The minimum Gasteiger partial charge on any atom is -0.301 e. The van der Waals surface area contributed by atoms with Crippen LogP contribution in [-0.2, 0) is 0 Å². The highest BCUT2D eigenvalue weighted by molar-refractivity contribution is 7.10. The number of aromatic nitrogens is 1. The first kappa shape index (κ1) is 12.3. The molecule has 1 fully saturated rings. The third kappa shape index (κ3) is 2.66. The van der Waals surface area contributed by atoms with Crippen LogP contribution >= 0.6 is 22.7 Å². The molecule has 0 aromatic carbocycles. The molecule has 2 aromatic heterocycles. The van der Waals surface area contributed by atoms with E-state index in [1.54, 1.807) is 22.7 Å². The SMILES string of the molecule is CC(C)c1csc(C(NC2CC2)c2ccsc2)n1. The quantitative estimate of drug-likeness (QED) is 0.888. The van der Waals surface area contributed by atoms with Crippen LogP contribution in [0, 0.1) is 0 Å². The van der Waals surface area contributed by atoms with E-state index >= 15 is 0 Å². The summed E-state index contributed by atoms with van der Waals surface area (Å²) >= 11 is 3.55. The van der Waals surface area contributed by atoms with Gasteiger partial charge in [0, 0.05) is 11.4 Å². The van der Waals surface area contributed by atoms with Crippen LogP contribution in [0.2, 0.25) is 0 Å². The highest BCUT2D eigenvalue weighted by atomic mass is 32.1. The Balaban J connectivity index is 1.86. The highest BCUT2D eigenvalue weighted by Gasteiger charge is 2.28. The van der Waals surface area contributed by atoms with Crippen LogP contribution in [0.5, 0.6) is 0 Å². The molecule has 0 saturated heterocycles.